The molecular weight excluding hydrogens is 214 g/mol. The van der Waals surface area contributed by atoms with Gasteiger partial charge in [0.2, 0.25) is 5.78 Å². The van der Waals surface area contributed by atoms with Crippen molar-refractivity contribution in [2.45, 2.75) is 6.92 Å². The van der Waals surface area contributed by atoms with Gasteiger partial charge in [0.1, 0.15) is 0 Å². The minimum absolute atomic E-state index is 0.125. The first-order chi connectivity index (χ1) is 8.16. The van der Waals surface area contributed by atoms with Crippen LogP contribution >= 0.6 is 0 Å². The molecule has 1 aromatic rings. The second kappa shape index (κ2) is 4.26. The van der Waals surface area contributed by atoms with Crippen molar-refractivity contribution in [3.8, 4) is 12.3 Å². The fraction of sp³-hybridized carbons (Fsp3) is 0.143. The summed E-state index contributed by atoms with van der Waals surface area (Å²) >= 11 is 0. The Bertz CT molecular complexity index is 576. The monoisotopic (exact) mass is 225 g/mol. The Labute approximate surface area is 99.5 Å². The van der Waals surface area contributed by atoms with Gasteiger partial charge in [0.15, 0.2) is 5.78 Å². The molecule has 0 unspecified atom stereocenters. The summed E-state index contributed by atoms with van der Waals surface area (Å²) in [6, 6.07) is 6.80. The Balaban J connectivity index is 2.51. The van der Waals surface area contributed by atoms with E-state index in [9.17, 15) is 9.59 Å². The first-order valence-corrected chi connectivity index (χ1v) is 5.23. The first kappa shape index (κ1) is 11.2. The van der Waals surface area contributed by atoms with E-state index < -0.39 is 0 Å². The molecule has 0 saturated carbocycles. The molecule has 3 heteroatoms. The lowest BCUT2D eigenvalue weighted by Crippen LogP contribution is -2.29. The van der Waals surface area contributed by atoms with Crippen LogP contribution in [-0.4, -0.2) is 18.1 Å². The average Bonchev–Trinajstić information content (AvgIpc) is 2.36. The van der Waals surface area contributed by atoms with E-state index in [-0.39, 0.29) is 18.1 Å². The van der Waals surface area contributed by atoms with Gasteiger partial charge in [0.25, 0.3) is 0 Å². The topological polar surface area (TPSA) is 46.2 Å². The molecule has 0 spiro atoms. The number of carbonyl (C=O) groups is 2. The number of terminal acetylenes is 1. The Morgan fingerprint density at radius 3 is 2.35 bits per heavy atom. The van der Waals surface area contributed by atoms with Gasteiger partial charge in [0.05, 0.1) is 12.2 Å². The highest BCUT2D eigenvalue weighted by Gasteiger charge is 2.29. The lowest BCUT2D eigenvalue weighted by atomic mass is 9.88. The summed E-state index contributed by atoms with van der Waals surface area (Å²) in [7, 11) is 0. The fourth-order valence-corrected chi connectivity index (χ4v) is 1.85. The van der Waals surface area contributed by atoms with Crippen molar-refractivity contribution < 1.29 is 9.59 Å². The third kappa shape index (κ3) is 1.74. The molecule has 17 heavy (non-hydrogen) atoms. The molecule has 1 aromatic carbocycles. The molecule has 0 bridgehead atoms. The third-order valence-corrected chi connectivity index (χ3v) is 2.73. The number of nitrogens with one attached hydrogen (secondary N) is 1. The zero-order chi connectivity index (χ0) is 12.4. The molecule has 3 nitrogen and oxygen atoms in total. The number of fused-ring (bicyclic) bond motifs is 1. The number of hydrogen-bond acceptors (Lipinski definition) is 3. The van der Waals surface area contributed by atoms with Crippen molar-refractivity contribution in [1.29, 1.82) is 0 Å². The summed E-state index contributed by atoms with van der Waals surface area (Å²) in [6.45, 7) is 1.86. The summed E-state index contributed by atoms with van der Waals surface area (Å²) < 4.78 is 0. The highest BCUT2D eigenvalue weighted by atomic mass is 16.1. The number of rotatable bonds is 2. The van der Waals surface area contributed by atoms with E-state index in [1.807, 2.05) is 0 Å². The maximum atomic E-state index is 12.1. The van der Waals surface area contributed by atoms with Gasteiger partial charge >= 0.3 is 0 Å². The van der Waals surface area contributed by atoms with Gasteiger partial charge in [0, 0.05) is 16.7 Å². The molecule has 0 heterocycles. The van der Waals surface area contributed by atoms with E-state index in [2.05, 4.69) is 11.2 Å². The van der Waals surface area contributed by atoms with Crippen LogP contribution in [0.5, 0.6) is 0 Å². The molecule has 0 saturated heterocycles. The molecule has 0 fully saturated rings. The Morgan fingerprint density at radius 2 is 1.76 bits per heavy atom. The normalized spacial score (nSPS) is 14.4. The first-order valence-electron chi connectivity index (χ1n) is 5.23. The van der Waals surface area contributed by atoms with Crippen molar-refractivity contribution >= 4 is 11.6 Å². The van der Waals surface area contributed by atoms with Crippen LogP contribution in [0.3, 0.4) is 0 Å². The highest BCUT2D eigenvalue weighted by Crippen LogP contribution is 2.24. The largest absolute Gasteiger partial charge is 0.371 e. The zero-order valence-corrected chi connectivity index (χ0v) is 9.41. The third-order valence-electron chi connectivity index (χ3n) is 2.73. The Kier molecular flexibility index (Phi) is 2.80. The predicted octanol–water partition coefficient (Wildman–Crippen LogP) is 1.56. The smallest absolute Gasteiger partial charge is 0.210 e. The van der Waals surface area contributed by atoms with Crippen LogP contribution in [-0.2, 0) is 0 Å². The number of ketones is 2. The predicted molar refractivity (Wildman–Crippen MR) is 64.6 cm³/mol. The molecule has 1 N–H and O–H groups in total. The van der Waals surface area contributed by atoms with Gasteiger partial charge in [-0.05, 0) is 6.92 Å². The molecule has 2 rings (SSSR count). The van der Waals surface area contributed by atoms with Crippen LogP contribution in [0.15, 0.2) is 35.5 Å². The average molecular weight is 225 g/mol. The quantitative estimate of drug-likeness (QED) is 0.777. The maximum absolute atomic E-state index is 12.1. The summed E-state index contributed by atoms with van der Waals surface area (Å²) in [5.74, 6) is 2.09. The van der Waals surface area contributed by atoms with E-state index in [0.29, 0.717) is 22.4 Å². The van der Waals surface area contributed by atoms with Gasteiger partial charge in [-0.3, -0.25) is 9.59 Å². The van der Waals surface area contributed by atoms with Crippen LogP contribution in [0.4, 0.5) is 0 Å². The summed E-state index contributed by atoms with van der Waals surface area (Å²) in [4.78, 5) is 24.2. The molecule has 1 aliphatic carbocycles. The Morgan fingerprint density at radius 1 is 1.18 bits per heavy atom. The van der Waals surface area contributed by atoms with Gasteiger partial charge in [-0.25, -0.2) is 0 Å². The van der Waals surface area contributed by atoms with Crippen molar-refractivity contribution in [3.05, 3.63) is 46.7 Å². The van der Waals surface area contributed by atoms with E-state index >= 15 is 0 Å². The zero-order valence-electron chi connectivity index (χ0n) is 9.41. The minimum atomic E-state index is -0.173. The number of carbonyl (C=O) groups excluding carboxylic acids is 2. The van der Waals surface area contributed by atoms with Gasteiger partial charge in [-0.15, -0.1) is 6.42 Å². The molecule has 1 aliphatic rings. The Hall–Kier alpha value is -2.34. The van der Waals surface area contributed by atoms with Crippen LogP contribution in [0.25, 0.3) is 0 Å². The van der Waals surface area contributed by atoms with Gasteiger partial charge in [-0.2, -0.15) is 0 Å². The maximum Gasteiger partial charge on any atom is 0.210 e. The van der Waals surface area contributed by atoms with Crippen molar-refractivity contribution in [2.24, 2.45) is 0 Å². The van der Waals surface area contributed by atoms with Crippen molar-refractivity contribution in [2.75, 3.05) is 6.54 Å². The number of benzene rings is 1. The van der Waals surface area contributed by atoms with Crippen LogP contribution in [0, 0.1) is 12.3 Å². The van der Waals surface area contributed by atoms with Crippen molar-refractivity contribution in [1.82, 2.24) is 5.32 Å². The number of Topliss-reactive ketones (excluding diaryl/α,β-unsaturated/α-hetero) is 2. The minimum Gasteiger partial charge on any atom is -0.371 e. The lowest BCUT2D eigenvalue weighted by molar-refractivity contribution is 0.0969. The molecule has 0 aliphatic heterocycles. The van der Waals surface area contributed by atoms with Crippen LogP contribution in [0.2, 0.25) is 0 Å². The summed E-state index contributed by atoms with van der Waals surface area (Å²) in [5.41, 5.74) is 1.62. The van der Waals surface area contributed by atoms with Crippen LogP contribution in [0.1, 0.15) is 27.6 Å². The number of allylic oxidation sites excluding steroid dienone is 2. The van der Waals surface area contributed by atoms with Crippen molar-refractivity contribution in [3.63, 3.8) is 0 Å². The van der Waals surface area contributed by atoms with Gasteiger partial charge in [-0.1, -0.05) is 30.2 Å². The highest BCUT2D eigenvalue weighted by molar-refractivity contribution is 6.26. The van der Waals surface area contributed by atoms with E-state index in [0.717, 1.165) is 0 Å². The molecule has 0 aromatic heterocycles. The second-order valence-electron chi connectivity index (χ2n) is 3.76. The summed E-state index contributed by atoms with van der Waals surface area (Å²) in [5, 5.41) is 2.82. The van der Waals surface area contributed by atoms with E-state index in [4.69, 9.17) is 6.42 Å². The van der Waals surface area contributed by atoms with E-state index in [1.54, 1.807) is 31.2 Å². The molecule has 0 amide bonds. The number of hydrogen-bond donors (Lipinski definition) is 1. The SMILES string of the molecule is C#CCNC1=C(C)C(=O)c2ccccc2C1=O. The molecular formula is C14H11NO2. The second-order valence-corrected chi connectivity index (χ2v) is 3.76. The lowest BCUT2D eigenvalue weighted by Gasteiger charge is -2.19. The van der Waals surface area contributed by atoms with Crippen LogP contribution < -0.4 is 5.32 Å². The molecule has 0 radical (unpaired) electrons. The molecule has 84 valence electrons. The van der Waals surface area contributed by atoms with E-state index in [1.165, 1.54) is 0 Å². The fourth-order valence-electron chi connectivity index (χ4n) is 1.85. The molecule has 0 atom stereocenters. The summed E-state index contributed by atoms with van der Waals surface area (Å²) in [6.07, 6.45) is 5.13. The van der Waals surface area contributed by atoms with Gasteiger partial charge < -0.3 is 5.32 Å². The standard InChI is InChI=1S/C14H11NO2/c1-3-8-15-12-9(2)13(16)10-6-4-5-7-11(10)14(12)17/h1,4-7,15H,8H2,2H3.